The summed E-state index contributed by atoms with van der Waals surface area (Å²) in [5.74, 6) is 0. The number of aryl methyl sites for hydroxylation is 1. The van der Waals surface area contributed by atoms with E-state index in [1.165, 1.54) is 40.4 Å². The van der Waals surface area contributed by atoms with E-state index in [0.717, 1.165) is 0 Å². The Morgan fingerprint density at radius 2 is 2.19 bits per heavy atom. The van der Waals surface area contributed by atoms with Crippen LogP contribution in [0, 0.1) is 6.92 Å². The largest absolute Gasteiger partial charge is 0.307 e. The molecule has 2 atom stereocenters. The van der Waals surface area contributed by atoms with Crippen LogP contribution in [0.3, 0.4) is 0 Å². The Kier molecular flexibility index (Phi) is 2.64. The molecular weight excluding hydrogens is 262 g/mol. The molecule has 1 nitrogen and oxygen atoms in total. The maximum atomic E-state index is 3.63. The molecule has 2 aliphatic heterocycles. The zero-order valence-corrected chi connectivity index (χ0v) is 11.0. The predicted molar refractivity (Wildman–Crippen MR) is 71.4 cm³/mol. The van der Waals surface area contributed by atoms with Gasteiger partial charge in [0.1, 0.15) is 0 Å². The highest BCUT2D eigenvalue weighted by molar-refractivity contribution is 9.10. The molecule has 1 N–H and O–H groups in total. The lowest BCUT2D eigenvalue weighted by molar-refractivity contribution is 0.575. The number of halogens is 1. The molecule has 0 radical (unpaired) electrons. The average Bonchev–Trinajstić information content (AvgIpc) is 2.62. The van der Waals surface area contributed by atoms with Gasteiger partial charge in [0, 0.05) is 16.6 Å². The van der Waals surface area contributed by atoms with Crippen LogP contribution in [0.15, 0.2) is 28.7 Å². The minimum atomic E-state index is 0.619. The highest BCUT2D eigenvalue weighted by Gasteiger charge is 2.28. The van der Waals surface area contributed by atoms with Crippen molar-refractivity contribution in [1.29, 1.82) is 0 Å². The molecule has 16 heavy (non-hydrogen) atoms. The summed E-state index contributed by atoms with van der Waals surface area (Å²) in [7, 11) is 0. The van der Waals surface area contributed by atoms with E-state index in [-0.39, 0.29) is 0 Å². The zero-order chi connectivity index (χ0) is 11.1. The van der Waals surface area contributed by atoms with Crippen LogP contribution in [0.4, 0.5) is 0 Å². The third-order valence-electron chi connectivity index (χ3n) is 3.69. The fourth-order valence-electron chi connectivity index (χ4n) is 2.73. The van der Waals surface area contributed by atoms with Gasteiger partial charge in [0.25, 0.3) is 0 Å². The summed E-state index contributed by atoms with van der Waals surface area (Å²) in [5.41, 5.74) is 4.21. The molecule has 0 aliphatic carbocycles. The van der Waals surface area contributed by atoms with Crippen molar-refractivity contribution in [3.63, 3.8) is 0 Å². The summed E-state index contributed by atoms with van der Waals surface area (Å²) >= 11 is 3.62. The van der Waals surface area contributed by atoms with Gasteiger partial charge in [-0.2, -0.15) is 0 Å². The lowest BCUT2D eigenvalue weighted by atomic mass is 9.95. The molecule has 2 unspecified atom stereocenters. The second-order valence-corrected chi connectivity index (χ2v) is 5.76. The lowest BCUT2D eigenvalue weighted by Crippen LogP contribution is -2.31. The summed E-state index contributed by atoms with van der Waals surface area (Å²) < 4.78 is 1.22. The van der Waals surface area contributed by atoms with E-state index < -0.39 is 0 Å². The van der Waals surface area contributed by atoms with Crippen molar-refractivity contribution >= 4 is 21.5 Å². The van der Waals surface area contributed by atoms with Gasteiger partial charge in [-0.05, 0) is 49.0 Å². The van der Waals surface area contributed by atoms with Crippen molar-refractivity contribution in [1.82, 2.24) is 5.32 Å². The quantitative estimate of drug-likeness (QED) is 0.826. The first kappa shape index (κ1) is 10.5. The number of rotatable bonds is 1. The molecule has 2 bridgehead atoms. The molecule has 1 aromatic carbocycles. The van der Waals surface area contributed by atoms with Crippen molar-refractivity contribution in [2.75, 3.05) is 0 Å². The van der Waals surface area contributed by atoms with Crippen molar-refractivity contribution in [2.45, 2.75) is 38.3 Å². The Morgan fingerprint density at radius 3 is 2.94 bits per heavy atom. The molecule has 0 aromatic heterocycles. The van der Waals surface area contributed by atoms with Crippen LogP contribution < -0.4 is 5.32 Å². The van der Waals surface area contributed by atoms with E-state index in [2.05, 4.69) is 52.4 Å². The smallest absolute Gasteiger partial charge is 0.0259 e. The van der Waals surface area contributed by atoms with Crippen LogP contribution in [0.5, 0.6) is 0 Å². The predicted octanol–water partition coefficient (Wildman–Crippen LogP) is 3.67. The molecule has 1 aromatic rings. The highest BCUT2D eigenvalue weighted by Crippen LogP contribution is 2.33. The van der Waals surface area contributed by atoms with Crippen LogP contribution >= 0.6 is 15.9 Å². The summed E-state index contributed by atoms with van der Waals surface area (Å²) in [6, 6.07) is 8.03. The normalized spacial score (nSPS) is 28.0. The van der Waals surface area contributed by atoms with Gasteiger partial charge >= 0.3 is 0 Å². The van der Waals surface area contributed by atoms with Crippen LogP contribution in [0.1, 0.15) is 30.4 Å². The first-order valence-corrected chi connectivity index (χ1v) is 6.75. The first-order valence-electron chi connectivity index (χ1n) is 5.95. The second-order valence-electron chi connectivity index (χ2n) is 4.91. The number of nitrogens with one attached hydrogen (secondary N) is 1. The van der Waals surface area contributed by atoms with Gasteiger partial charge in [0.15, 0.2) is 0 Å². The monoisotopic (exact) mass is 277 g/mol. The van der Waals surface area contributed by atoms with E-state index >= 15 is 0 Å². The molecule has 3 rings (SSSR count). The molecule has 0 spiro atoms. The van der Waals surface area contributed by atoms with Gasteiger partial charge in [-0.1, -0.05) is 34.1 Å². The molecule has 2 heteroatoms. The minimum Gasteiger partial charge on any atom is -0.307 e. The van der Waals surface area contributed by atoms with Crippen LogP contribution in [-0.4, -0.2) is 12.1 Å². The highest BCUT2D eigenvalue weighted by atomic mass is 79.9. The second kappa shape index (κ2) is 4.01. The van der Waals surface area contributed by atoms with Gasteiger partial charge < -0.3 is 5.32 Å². The van der Waals surface area contributed by atoms with E-state index in [9.17, 15) is 0 Å². The van der Waals surface area contributed by atoms with Gasteiger partial charge in [0.05, 0.1) is 0 Å². The Bertz CT molecular complexity index is 450. The summed E-state index contributed by atoms with van der Waals surface area (Å²) in [6.45, 7) is 2.13. The average molecular weight is 278 g/mol. The summed E-state index contributed by atoms with van der Waals surface area (Å²) in [4.78, 5) is 0. The molecule has 2 aliphatic rings. The SMILES string of the molecule is Cc1ccc(C2=CC3CCC(C2)N3)cc1Br. The fourth-order valence-corrected chi connectivity index (χ4v) is 3.10. The minimum absolute atomic E-state index is 0.619. The Morgan fingerprint density at radius 1 is 1.31 bits per heavy atom. The molecule has 0 amide bonds. The lowest BCUT2D eigenvalue weighted by Gasteiger charge is -2.21. The van der Waals surface area contributed by atoms with Crippen molar-refractivity contribution in [2.24, 2.45) is 0 Å². The van der Waals surface area contributed by atoms with Gasteiger partial charge in [-0.15, -0.1) is 0 Å². The molecule has 0 saturated carbocycles. The van der Waals surface area contributed by atoms with Gasteiger partial charge in [-0.25, -0.2) is 0 Å². The standard InChI is InChI=1S/C14H16BrN/c1-9-2-3-10(8-14(9)15)11-6-12-4-5-13(7-11)16-12/h2-3,6,8,12-13,16H,4-5,7H2,1H3. The third-order valence-corrected chi connectivity index (χ3v) is 4.54. The van der Waals surface area contributed by atoms with E-state index in [4.69, 9.17) is 0 Å². The number of benzene rings is 1. The molecular formula is C14H16BrN. The van der Waals surface area contributed by atoms with Crippen molar-refractivity contribution in [3.05, 3.63) is 39.9 Å². The van der Waals surface area contributed by atoms with Crippen molar-refractivity contribution < 1.29 is 0 Å². The molecule has 84 valence electrons. The third kappa shape index (κ3) is 1.85. The van der Waals surface area contributed by atoms with Crippen LogP contribution in [0.25, 0.3) is 5.57 Å². The van der Waals surface area contributed by atoms with Gasteiger partial charge in [0.2, 0.25) is 0 Å². The summed E-state index contributed by atoms with van der Waals surface area (Å²) in [6.07, 6.45) is 6.24. The van der Waals surface area contributed by atoms with E-state index in [1.54, 1.807) is 0 Å². The number of fused-ring (bicyclic) bond motifs is 2. The fraction of sp³-hybridized carbons (Fsp3) is 0.429. The maximum absolute atomic E-state index is 3.63. The maximum Gasteiger partial charge on any atom is 0.0259 e. The molecule has 1 fully saturated rings. The van der Waals surface area contributed by atoms with Crippen molar-refractivity contribution in [3.8, 4) is 0 Å². The zero-order valence-electron chi connectivity index (χ0n) is 9.46. The number of hydrogen-bond donors (Lipinski definition) is 1. The molecule has 1 saturated heterocycles. The van der Waals surface area contributed by atoms with E-state index in [0.29, 0.717) is 12.1 Å². The van der Waals surface area contributed by atoms with Crippen LogP contribution in [0.2, 0.25) is 0 Å². The first-order chi connectivity index (χ1) is 7.72. The Balaban J connectivity index is 1.95. The molecule has 2 heterocycles. The van der Waals surface area contributed by atoms with E-state index in [1.807, 2.05) is 0 Å². The summed E-state index contributed by atoms with van der Waals surface area (Å²) in [5, 5.41) is 3.63. The topological polar surface area (TPSA) is 12.0 Å². The Hall–Kier alpha value is -0.600. The van der Waals surface area contributed by atoms with Crippen LogP contribution in [-0.2, 0) is 0 Å². The van der Waals surface area contributed by atoms with Gasteiger partial charge in [-0.3, -0.25) is 0 Å². The Labute approximate surface area is 105 Å². The number of hydrogen-bond acceptors (Lipinski definition) is 1.